The molecule has 0 spiro atoms. The number of anilines is 1. The summed E-state index contributed by atoms with van der Waals surface area (Å²) in [6.07, 6.45) is 3.81. The number of aromatic nitrogens is 2. The number of rotatable bonds is 2. The lowest BCUT2D eigenvalue weighted by Gasteiger charge is -2.00. The first kappa shape index (κ1) is 10.7. The molecule has 0 saturated heterocycles. The second-order valence-electron chi connectivity index (χ2n) is 4.09. The molecule has 0 radical (unpaired) electrons. The Hall–Kier alpha value is -2.49. The van der Waals surface area contributed by atoms with E-state index < -0.39 is 0 Å². The fourth-order valence-corrected chi connectivity index (χ4v) is 1.93. The van der Waals surface area contributed by atoms with Crippen LogP contribution in [0.1, 0.15) is 0 Å². The minimum atomic E-state index is 0.720. The molecular formula is C14H13N3O. The van der Waals surface area contributed by atoms with Gasteiger partial charge in [-0.25, -0.2) is 4.98 Å². The highest BCUT2D eigenvalue weighted by molar-refractivity contribution is 5.64. The molecule has 18 heavy (non-hydrogen) atoms. The van der Waals surface area contributed by atoms with Gasteiger partial charge in [-0.15, -0.1) is 0 Å². The predicted octanol–water partition coefficient (Wildman–Crippen LogP) is 2.59. The topological polar surface area (TPSA) is 52.5 Å². The molecule has 0 unspecified atom stereocenters. The molecule has 0 aliphatic rings. The molecule has 0 aliphatic heterocycles. The fourth-order valence-electron chi connectivity index (χ4n) is 1.93. The summed E-state index contributed by atoms with van der Waals surface area (Å²) in [4.78, 5) is 4.55. The largest absolute Gasteiger partial charge is 0.497 e. The summed E-state index contributed by atoms with van der Waals surface area (Å²) >= 11 is 0. The van der Waals surface area contributed by atoms with Gasteiger partial charge in [0.1, 0.15) is 11.4 Å². The van der Waals surface area contributed by atoms with Crippen LogP contribution in [0.4, 0.5) is 5.69 Å². The number of methoxy groups -OCH3 is 1. The Morgan fingerprint density at radius 3 is 2.89 bits per heavy atom. The number of ether oxygens (including phenoxy) is 1. The number of nitrogens with two attached hydrogens (primary N) is 1. The van der Waals surface area contributed by atoms with Crippen LogP contribution < -0.4 is 10.5 Å². The van der Waals surface area contributed by atoms with Crippen molar-refractivity contribution < 1.29 is 4.74 Å². The van der Waals surface area contributed by atoms with Gasteiger partial charge in [-0.3, -0.25) is 0 Å². The van der Waals surface area contributed by atoms with Crippen LogP contribution in [0.5, 0.6) is 5.75 Å². The molecule has 0 fully saturated rings. The average Bonchev–Trinajstić information content (AvgIpc) is 2.81. The van der Waals surface area contributed by atoms with E-state index in [4.69, 9.17) is 10.5 Å². The van der Waals surface area contributed by atoms with Gasteiger partial charge in [0.05, 0.1) is 12.8 Å². The first-order valence-electron chi connectivity index (χ1n) is 5.65. The molecule has 0 atom stereocenters. The molecular weight excluding hydrogens is 226 g/mol. The molecule has 4 nitrogen and oxygen atoms in total. The minimum Gasteiger partial charge on any atom is -0.497 e. The predicted molar refractivity (Wildman–Crippen MR) is 71.6 cm³/mol. The van der Waals surface area contributed by atoms with Crippen LogP contribution in [0.3, 0.4) is 0 Å². The van der Waals surface area contributed by atoms with Crippen molar-refractivity contribution >= 4 is 11.3 Å². The van der Waals surface area contributed by atoms with Crippen LogP contribution in [0.15, 0.2) is 48.8 Å². The summed E-state index contributed by atoms with van der Waals surface area (Å²) in [6.45, 7) is 0. The smallest absolute Gasteiger partial charge is 0.137 e. The zero-order valence-electron chi connectivity index (χ0n) is 10.00. The van der Waals surface area contributed by atoms with Gasteiger partial charge in [0, 0.05) is 23.6 Å². The van der Waals surface area contributed by atoms with Crippen molar-refractivity contribution in [3.05, 3.63) is 48.8 Å². The second-order valence-corrected chi connectivity index (χ2v) is 4.09. The number of nitrogen functional groups attached to an aromatic ring is 1. The SMILES string of the molecule is COc1cccc(-c2cn3cc(N)ccc3n2)c1. The van der Waals surface area contributed by atoms with E-state index >= 15 is 0 Å². The molecule has 0 aliphatic carbocycles. The summed E-state index contributed by atoms with van der Waals surface area (Å²) < 4.78 is 7.14. The van der Waals surface area contributed by atoms with Crippen LogP contribution in [0.25, 0.3) is 16.9 Å². The van der Waals surface area contributed by atoms with E-state index in [2.05, 4.69) is 4.98 Å². The third-order valence-corrected chi connectivity index (χ3v) is 2.84. The highest BCUT2D eigenvalue weighted by Crippen LogP contribution is 2.23. The van der Waals surface area contributed by atoms with Gasteiger partial charge >= 0.3 is 0 Å². The molecule has 1 aromatic carbocycles. The summed E-state index contributed by atoms with van der Waals surface area (Å²) in [7, 11) is 1.66. The van der Waals surface area contributed by atoms with Gasteiger partial charge < -0.3 is 14.9 Å². The maximum atomic E-state index is 5.75. The van der Waals surface area contributed by atoms with Gasteiger partial charge in [0.15, 0.2) is 0 Å². The lowest BCUT2D eigenvalue weighted by molar-refractivity contribution is 0.415. The molecule has 3 rings (SSSR count). The zero-order chi connectivity index (χ0) is 12.5. The zero-order valence-corrected chi connectivity index (χ0v) is 10.00. The standard InChI is InChI=1S/C14H13N3O/c1-18-12-4-2-3-10(7-12)13-9-17-8-11(15)5-6-14(17)16-13/h2-9H,15H2,1H3. The average molecular weight is 239 g/mol. The monoisotopic (exact) mass is 239 g/mol. The molecule has 0 saturated carbocycles. The van der Waals surface area contributed by atoms with Crippen LogP contribution in [0, 0.1) is 0 Å². The lowest BCUT2D eigenvalue weighted by Crippen LogP contribution is -1.88. The molecule has 2 aromatic heterocycles. The van der Waals surface area contributed by atoms with Crippen molar-refractivity contribution in [2.75, 3.05) is 12.8 Å². The molecule has 2 N–H and O–H groups in total. The summed E-state index contributed by atoms with van der Waals surface area (Å²) in [5.74, 6) is 0.823. The molecule has 0 bridgehead atoms. The summed E-state index contributed by atoms with van der Waals surface area (Å²) in [5.41, 5.74) is 9.27. The summed E-state index contributed by atoms with van der Waals surface area (Å²) in [5, 5.41) is 0. The number of nitrogens with zero attached hydrogens (tertiary/aromatic N) is 2. The van der Waals surface area contributed by atoms with Gasteiger partial charge in [-0.05, 0) is 24.3 Å². The highest BCUT2D eigenvalue weighted by atomic mass is 16.5. The first-order chi connectivity index (χ1) is 8.76. The number of hydrogen-bond acceptors (Lipinski definition) is 3. The third kappa shape index (κ3) is 1.78. The number of hydrogen-bond donors (Lipinski definition) is 1. The van der Waals surface area contributed by atoms with E-state index in [9.17, 15) is 0 Å². The van der Waals surface area contributed by atoms with Crippen LogP contribution in [0.2, 0.25) is 0 Å². The second kappa shape index (κ2) is 4.07. The molecule has 4 heteroatoms. The van der Waals surface area contributed by atoms with Crippen molar-refractivity contribution in [3.8, 4) is 17.0 Å². The van der Waals surface area contributed by atoms with Gasteiger partial charge in [-0.1, -0.05) is 12.1 Å². The van der Waals surface area contributed by atoms with E-state index in [1.807, 2.05) is 53.2 Å². The number of fused-ring (bicyclic) bond motifs is 1. The maximum absolute atomic E-state index is 5.75. The molecule has 3 aromatic rings. The normalized spacial score (nSPS) is 10.7. The van der Waals surface area contributed by atoms with Gasteiger partial charge in [-0.2, -0.15) is 0 Å². The third-order valence-electron chi connectivity index (χ3n) is 2.84. The van der Waals surface area contributed by atoms with Crippen molar-refractivity contribution in [3.63, 3.8) is 0 Å². The van der Waals surface area contributed by atoms with E-state index in [-0.39, 0.29) is 0 Å². The molecule has 90 valence electrons. The highest BCUT2D eigenvalue weighted by Gasteiger charge is 2.05. The Morgan fingerprint density at radius 1 is 1.17 bits per heavy atom. The van der Waals surface area contributed by atoms with Gasteiger partial charge in [0.2, 0.25) is 0 Å². The van der Waals surface area contributed by atoms with E-state index in [1.165, 1.54) is 0 Å². The van der Waals surface area contributed by atoms with Crippen molar-refractivity contribution in [2.24, 2.45) is 0 Å². The Morgan fingerprint density at radius 2 is 2.06 bits per heavy atom. The van der Waals surface area contributed by atoms with Crippen molar-refractivity contribution in [1.29, 1.82) is 0 Å². The van der Waals surface area contributed by atoms with Crippen LogP contribution in [-0.4, -0.2) is 16.5 Å². The Kier molecular flexibility index (Phi) is 2.41. The van der Waals surface area contributed by atoms with Crippen molar-refractivity contribution in [1.82, 2.24) is 9.38 Å². The number of imidazole rings is 1. The maximum Gasteiger partial charge on any atom is 0.137 e. The molecule has 2 heterocycles. The Labute approximate surface area is 105 Å². The van der Waals surface area contributed by atoms with Crippen LogP contribution >= 0.6 is 0 Å². The van der Waals surface area contributed by atoms with E-state index in [0.717, 1.165) is 28.3 Å². The van der Waals surface area contributed by atoms with Gasteiger partial charge in [0.25, 0.3) is 0 Å². The van der Waals surface area contributed by atoms with E-state index in [0.29, 0.717) is 0 Å². The lowest BCUT2D eigenvalue weighted by atomic mass is 10.1. The Bertz CT molecular complexity index is 703. The number of pyridine rings is 1. The van der Waals surface area contributed by atoms with Crippen LogP contribution in [-0.2, 0) is 0 Å². The fraction of sp³-hybridized carbons (Fsp3) is 0.0714. The van der Waals surface area contributed by atoms with Crippen molar-refractivity contribution in [2.45, 2.75) is 0 Å². The molecule has 0 amide bonds. The Balaban J connectivity index is 2.13. The summed E-state index contributed by atoms with van der Waals surface area (Å²) in [6, 6.07) is 11.6. The van der Waals surface area contributed by atoms with E-state index in [1.54, 1.807) is 7.11 Å². The minimum absolute atomic E-state index is 0.720. The first-order valence-corrected chi connectivity index (χ1v) is 5.65. The number of benzene rings is 1. The quantitative estimate of drug-likeness (QED) is 0.747.